The van der Waals surface area contributed by atoms with Crippen LogP contribution < -0.4 is 10.4 Å². The van der Waals surface area contributed by atoms with Crippen LogP contribution in [0.5, 0.6) is 5.88 Å². The van der Waals surface area contributed by atoms with Crippen LogP contribution in [-0.4, -0.2) is 9.97 Å². The second kappa shape index (κ2) is 3.16. The van der Waals surface area contributed by atoms with Gasteiger partial charge in [0.15, 0.2) is 0 Å². The van der Waals surface area contributed by atoms with E-state index in [2.05, 4.69) is 9.97 Å². The summed E-state index contributed by atoms with van der Waals surface area (Å²) in [5.41, 5.74) is 1.82. The Bertz CT molecular complexity index is 622. The van der Waals surface area contributed by atoms with Gasteiger partial charge >= 0.3 is 5.69 Å². The molecule has 1 aliphatic rings. The average Bonchev–Trinajstić information content (AvgIpc) is 2.28. The van der Waals surface area contributed by atoms with Crippen LogP contribution in [0.15, 0.2) is 29.2 Å². The molecule has 1 aromatic heterocycles. The number of rotatable bonds is 0. The molecule has 16 heavy (non-hydrogen) atoms. The first-order valence-electron chi connectivity index (χ1n) is 4.75. The highest BCUT2D eigenvalue weighted by Crippen LogP contribution is 2.34. The van der Waals surface area contributed by atoms with Crippen LogP contribution in [0.2, 0.25) is 0 Å². The van der Waals surface area contributed by atoms with Gasteiger partial charge in [0.2, 0.25) is 5.88 Å². The lowest BCUT2D eigenvalue weighted by Crippen LogP contribution is -2.15. The molecule has 1 aliphatic heterocycles. The normalized spacial score (nSPS) is 12.6. The van der Waals surface area contributed by atoms with Crippen molar-refractivity contribution < 1.29 is 9.13 Å². The molecule has 4 nitrogen and oxygen atoms in total. The Hall–Kier alpha value is -2.17. The van der Waals surface area contributed by atoms with Crippen LogP contribution in [0.3, 0.4) is 0 Å². The first-order valence-corrected chi connectivity index (χ1v) is 4.75. The highest BCUT2D eigenvalue weighted by molar-refractivity contribution is 5.72. The third kappa shape index (κ3) is 1.29. The first kappa shape index (κ1) is 9.08. The lowest BCUT2D eigenvalue weighted by atomic mass is 10.0. The van der Waals surface area contributed by atoms with E-state index in [0.717, 1.165) is 11.1 Å². The van der Waals surface area contributed by atoms with Crippen molar-refractivity contribution >= 4 is 0 Å². The second-order valence-corrected chi connectivity index (χ2v) is 3.52. The van der Waals surface area contributed by atoms with Crippen LogP contribution >= 0.6 is 0 Å². The number of hydrogen-bond acceptors (Lipinski definition) is 3. The van der Waals surface area contributed by atoms with Crippen molar-refractivity contribution in [3.05, 3.63) is 46.3 Å². The molecule has 0 saturated carbocycles. The van der Waals surface area contributed by atoms with Gasteiger partial charge < -0.3 is 4.74 Å². The zero-order valence-corrected chi connectivity index (χ0v) is 8.16. The topological polar surface area (TPSA) is 55.0 Å². The predicted molar refractivity (Wildman–Crippen MR) is 54.6 cm³/mol. The Labute approximate surface area is 89.7 Å². The van der Waals surface area contributed by atoms with Gasteiger partial charge in [-0.25, -0.2) is 14.2 Å². The number of aromatic nitrogens is 2. The Morgan fingerprint density at radius 3 is 3.12 bits per heavy atom. The molecule has 3 rings (SSSR count). The fourth-order valence-corrected chi connectivity index (χ4v) is 1.78. The fraction of sp³-hybridized carbons (Fsp3) is 0.0909. The van der Waals surface area contributed by atoms with Crippen LogP contribution in [0.1, 0.15) is 5.56 Å². The van der Waals surface area contributed by atoms with E-state index in [0.29, 0.717) is 11.4 Å². The highest BCUT2D eigenvalue weighted by Gasteiger charge is 2.18. The monoisotopic (exact) mass is 218 g/mol. The third-order valence-corrected chi connectivity index (χ3v) is 2.51. The minimum absolute atomic E-state index is 0.250. The second-order valence-electron chi connectivity index (χ2n) is 3.52. The van der Waals surface area contributed by atoms with Crippen LogP contribution in [-0.2, 0) is 6.61 Å². The van der Waals surface area contributed by atoms with E-state index in [9.17, 15) is 9.18 Å². The van der Waals surface area contributed by atoms with Crippen molar-refractivity contribution in [2.24, 2.45) is 0 Å². The largest absolute Gasteiger partial charge is 0.473 e. The van der Waals surface area contributed by atoms with E-state index in [4.69, 9.17) is 4.74 Å². The molecular weight excluding hydrogens is 211 g/mol. The SMILES string of the molecule is O=c1ncc2c([nH]1)OCc1cc(F)ccc1-2. The Balaban J connectivity index is 2.27. The molecular formula is C11H7FN2O2. The van der Waals surface area contributed by atoms with E-state index in [1.54, 1.807) is 6.07 Å². The minimum Gasteiger partial charge on any atom is -0.473 e. The molecule has 2 aromatic rings. The number of halogens is 1. The summed E-state index contributed by atoms with van der Waals surface area (Å²) in [5.74, 6) is 0.0855. The number of nitrogens with one attached hydrogen (secondary N) is 1. The molecule has 0 unspecified atom stereocenters. The van der Waals surface area contributed by atoms with Crippen LogP contribution in [0.25, 0.3) is 11.1 Å². The van der Waals surface area contributed by atoms with E-state index in [1.807, 2.05) is 0 Å². The van der Waals surface area contributed by atoms with Crippen LogP contribution in [0.4, 0.5) is 4.39 Å². The summed E-state index contributed by atoms with van der Waals surface area (Å²) in [6.45, 7) is 0.250. The molecule has 0 amide bonds. The molecule has 0 fully saturated rings. The summed E-state index contributed by atoms with van der Waals surface area (Å²) < 4.78 is 18.3. The number of H-pyrrole nitrogens is 1. The summed E-state index contributed by atoms with van der Waals surface area (Å²) >= 11 is 0. The number of benzene rings is 1. The summed E-state index contributed by atoms with van der Waals surface area (Å²) in [6.07, 6.45) is 1.43. The molecule has 0 spiro atoms. The molecule has 80 valence electrons. The number of nitrogens with zero attached hydrogens (tertiary/aromatic N) is 1. The maximum atomic E-state index is 13.0. The zero-order chi connectivity index (χ0) is 11.1. The maximum Gasteiger partial charge on any atom is 0.347 e. The molecule has 0 bridgehead atoms. The molecule has 0 atom stereocenters. The molecule has 1 aromatic carbocycles. The van der Waals surface area contributed by atoms with Crippen molar-refractivity contribution in [2.45, 2.75) is 6.61 Å². The van der Waals surface area contributed by atoms with Gasteiger partial charge in [-0.3, -0.25) is 4.98 Å². The van der Waals surface area contributed by atoms with Gasteiger partial charge in [0.1, 0.15) is 12.4 Å². The van der Waals surface area contributed by atoms with E-state index in [1.165, 1.54) is 18.3 Å². The summed E-state index contributed by atoms with van der Waals surface area (Å²) in [5, 5.41) is 0. The summed E-state index contributed by atoms with van der Waals surface area (Å²) in [6, 6.07) is 4.45. The van der Waals surface area contributed by atoms with E-state index in [-0.39, 0.29) is 12.4 Å². The van der Waals surface area contributed by atoms with E-state index < -0.39 is 5.69 Å². The minimum atomic E-state index is -0.454. The predicted octanol–water partition coefficient (Wildman–Crippen LogP) is 1.47. The molecule has 5 heteroatoms. The lowest BCUT2D eigenvalue weighted by Gasteiger charge is -2.19. The highest BCUT2D eigenvalue weighted by atomic mass is 19.1. The molecule has 0 saturated heterocycles. The lowest BCUT2D eigenvalue weighted by molar-refractivity contribution is 0.287. The standard InChI is InChI=1S/C11H7FN2O2/c12-7-1-2-8-6(3-7)5-16-10-9(8)4-13-11(15)14-10/h1-4H,5H2,(H,13,14,15). The number of aromatic amines is 1. The zero-order valence-electron chi connectivity index (χ0n) is 8.16. The molecule has 0 radical (unpaired) electrons. The van der Waals surface area contributed by atoms with E-state index >= 15 is 0 Å². The molecule has 0 aliphatic carbocycles. The molecule has 2 heterocycles. The van der Waals surface area contributed by atoms with Gasteiger partial charge in [0, 0.05) is 11.8 Å². The van der Waals surface area contributed by atoms with Gasteiger partial charge in [-0.2, -0.15) is 0 Å². The van der Waals surface area contributed by atoms with Crippen molar-refractivity contribution in [2.75, 3.05) is 0 Å². The number of fused-ring (bicyclic) bond motifs is 3. The number of ether oxygens (including phenoxy) is 1. The number of hydrogen-bond donors (Lipinski definition) is 1. The Morgan fingerprint density at radius 2 is 2.25 bits per heavy atom. The van der Waals surface area contributed by atoms with Gasteiger partial charge in [0.05, 0.1) is 5.56 Å². The Kier molecular flexibility index (Phi) is 1.80. The van der Waals surface area contributed by atoms with Crippen molar-refractivity contribution in [1.29, 1.82) is 0 Å². The average molecular weight is 218 g/mol. The van der Waals surface area contributed by atoms with Gasteiger partial charge in [-0.1, -0.05) is 6.07 Å². The van der Waals surface area contributed by atoms with Crippen molar-refractivity contribution in [3.8, 4) is 17.0 Å². The van der Waals surface area contributed by atoms with Gasteiger partial charge in [-0.05, 0) is 17.7 Å². The maximum absolute atomic E-state index is 13.0. The summed E-state index contributed by atoms with van der Waals surface area (Å²) in [7, 11) is 0. The molecule has 1 N–H and O–H groups in total. The Morgan fingerprint density at radius 1 is 1.38 bits per heavy atom. The van der Waals surface area contributed by atoms with Crippen LogP contribution in [0, 0.1) is 5.82 Å². The summed E-state index contributed by atoms with van der Waals surface area (Å²) in [4.78, 5) is 17.1. The third-order valence-electron chi connectivity index (χ3n) is 2.51. The van der Waals surface area contributed by atoms with Gasteiger partial charge in [-0.15, -0.1) is 0 Å². The van der Waals surface area contributed by atoms with Crippen molar-refractivity contribution in [3.63, 3.8) is 0 Å². The smallest absolute Gasteiger partial charge is 0.347 e. The fourth-order valence-electron chi connectivity index (χ4n) is 1.78. The van der Waals surface area contributed by atoms with Crippen molar-refractivity contribution in [1.82, 2.24) is 9.97 Å². The first-order chi connectivity index (χ1) is 7.74. The van der Waals surface area contributed by atoms with Gasteiger partial charge in [0.25, 0.3) is 0 Å². The quantitative estimate of drug-likeness (QED) is 0.728.